The second kappa shape index (κ2) is 10.4. The first-order chi connectivity index (χ1) is 15.8. The lowest BCUT2D eigenvalue weighted by molar-refractivity contribution is -0.136. The van der Waals surface area contributed by atoms with E-state index in [9.17, 15) is 19.1 Å². The highest BCUT2D eigenvalue weighted by molar-refractivity contribution is 6.07. The normalized spacial score (nSPS) is 21.5. The van der Waals surface area contributed by atoms with Gasteiger partial charge in [-0.2, -0.15) is 0 Å². The first kappa shape index (κ1) is 24.1. The Morgan fingerprint density at radius 3 is 2.91 bits per heavy atom. The predicted molar refractivity (Wildman–Crippen MR) is 120 cm³/mol. The molecule has 10 heteroatoms. The number of likely N-dealkylation sites (tertiary alicyclic amines) is 1. The van der Waals surface area contributed by atoms with Crippen molar-refractivity contribution in [1.29, 1.82) is 5.41 Å². The summed E-state index contributed by atoms with van der Waals surface area (Å²) in [6.45, 7) is 5.05. The Bertz CT molecular complexity index is 1010. The average molecular weight is 458 g/mol. The maximum atomic E-state index is 14.4. The van der Waals surface area contributed by atoms with Gasteiger partial charge in [0.25, 0.3) is 11.8 Å². The topological polar surface area (TPSA) is 126 Å². The van der Waals surface area contributed by atoms with Crippen LogP contribution in [0.5, 0.6) is 5.75 Å². The fourth-order valence-electron chi connectivity index (χ4n) is 3.75. The number of halogens is 1. The highest BCUT2D eigenvalue weighted by atomic mass is 19.1. The van der Waals surface area contributed by atoms with E-state index in [0.717, 1.165) is 0 Å². The lowest BCUT2D eigenvalue weighted by Crippen LogP contribution is -2.44. The lowest BCUT2D eigenvalue weighted by atomic mass is 10.1. The molecular weight excluding hydrogens is 431 g/mol. The van der Waals surface area contributed by atoms with Gasteiger partial charge < -0.3 is 25.2 Å². The fourth-order valence-corrected chi connectivity index (χ4v) is 3.75. The van der Waals surface area contributed by atoms with Crippen LogP contribution in [0.15, 0.2) is 48.9 Å². The molecule has 3 rings (SSSR count). The quantitative estimate of drug-likeness (QED) is 0.323. The van der Waals surface area contributed by atoms with Crippen LogP contribution in [-0.2, 0) is 9.59 Å². The first-order valence-electron chi connectivity index (χ1n) is 10.5. The Morgan fingerprint density at radius 2 is 2.21 bits per heavy atom. The molecular formula is C23H27FN4O5. The number of hydrogen-bond donors (Lipinski definition) is 4. The number of carbonyl (C=O) groups is 2. The fraction of sp³-hybridized carbons (Fsp3) is 0.348. The van der Waals surface area contributed by atoms with Crippen LogP contribution in [0.2, 0.25) is 0 Å². The minimum absolute atomic E-state index is 0.0112. The van der Waals surface area contributed by atoms with Crippen LogP contribution in [0.25, 0.3) is 6.08 Å². The number of aliphatic hydroxyl groups is 2. The Hall–Kier alpha value is -3.50. The zero-order valence-corrected chi connectivity index (χ0v) is 18.2. The van der Waals surface area contributed by atoms with Gasteiger partial charge in [-0.3, -0.25) is 19.9 Å². The summed E-state index contributed by atoms with van der Waals surface area (Å²) in [5.74, 6) is -1.28. The predicted octanol–water partition coefficient (Wildman–Crippen LogP) is 0.997. The highest BCUT2D eigenvalue weighted by Gasteiger charge is 2.45. The van der Waals surface area contributed by atoms with Crippen molar-refractivity contribution in [3.63, 3.8) is 0 Å². The number of amidine groups is 1. The van der Waals surface area contributed by atoms with Gasteiger partial charge in [-0.25, -0.2) is 4.39 Å². The summed E-state index contributed by atoms with van der Waals surface area (Å²) in [6, 6.07) is 3.52. The van der Waals surface area contributed by atoms with Crippen LogP contribution in [0.3, 0.4) is 0 Å². The largest absolute Gasteiger partial charge is 0.457 e. The van der Waals surface area contributed by atoms with Gasteiger partial charge >= 0.3 is 0 Å². The molecule has 1 aromatic rings. The molecule has 0 aromatic heterocycles. The third-order valence-corrected chi connectivity index (χ3v) is 5.43. The van der Waals surface area contributed by atoms with Crippen molar-refractivity contribution in [2.75, 3.05) is 19.7 Å². The molecule has 3 atom stereocenters. The molecule has 0 bridgehead atoms. The number of amides is 2. The summed E-state index contributed by atoms with van der Waals surface area (Å²) in [5, 5.41) is 29.1. The van der Waals surface area contributed by atoms with Crippen LogP contribution < -0.4 is 10.1 Å². The Balaban J connectivity index is 1.63. The molecule has 176 valence electrons. The van der Waals surface area contributed by atoms with E-state index < -0.39 is 36.4 Å². The summed E-state index contributed by atoms with van der Waals surface area (Å²) in [4.78, 5) is 28.2. The smallest absolute Gasteiger partial charge is 0.251 e. The highest BCUT2D eigenvalue weighted by Crippen LogP contribution is 2.29. The van der Waals surface area contributed by atoms with E-state index in [1.807, 2.05) is 0 Å². The molecule has 1 unspecified atom stereocenters. The van der Waals surface area contributed by atoms with Crippen LogP contribution in [-0.4, -0.2) is 75.5 Å². The molecule has 0 radical (unpaired) electrons. The summed E-state index contributed by atoms with van der Waals surface area (Å²) >= 11 is 0. The summed E-state index contributed by atoms with van der Waals surface area (Å²) in [6.07, 6.45) is 4.78. The molecule has 2 aliphatic heterocycles. The minimum Gasteiger partial charge on any atom is -0.457 e. The molecule has 2 aliphatic rings. The zero-order valence-electron chi connectivity index (χ0n) is 18.2. The number of hydrogen-bond acceptors (Lipinski definition) is 7. The monoisotopic (exact) mass is 458 g/mol. The summed E-state index contributed by atoms with van der Waals surface area (Å²) < 4.78 is 20.0. The molecule has 33 heavy (non-hydrogen) atoms. The molecule has 1 aromatic carbocycles. The van der Waals surface area contributed by atoms with Crippen LogP contribution in [0.1, 0.15) is 18.9 Å². The number of aliphatic hydroxyl groups excluding tert-OH is 2. The SMILES string of the molecule is C=Cc1cccc(OC2=CC(=O)N([C@H]3CC(C)N(C(=N)/C=C\NC[C@@H](O)CO)C3=O)C2)c1F. The standard InChI is InChI=1S/C23H27FN4O5/c1-3-15-5-4-6-19(22(15)24)33-17-10-21(31)27(12-17)18-9-14(2)28(23(18)32)20(25)7-8-26-11-16(30)13-29/h3-8,10,14,16,18,25-26,29-30H,1,9,11-13H2,2H3/b8-7-,25-20?/t14?,16-,18+/m1/s1. The Kier molecular flexibility index (Phi) is 7.62. The number of nitrogens with one attached hydrogen (secondary N) is 2. The molecule has 2 amide bonds. The van der Waals surface area contributed by atoms with E-state index in [-0.39, 0.29) is 42.0 Å². The third-order valence-electron chi connectivity index (χ3n) is 5.43. The van der Waals surface area contributed by atoms with E-state index in [2.05, 4.69) is 11.9 Å². The third kappa shape index (κ3) is 5.29. The number of nitrogens with zero attached hydrogens (tertiary/aromatic N) is 2. The Morgan fingerprint density at radius 1 is 1.45 bits per heavy atom. The molecule has 1 saturated heterocycles. The van der Waals surface area contributed by atoms with Crippen LogP contribution >= 0.6 is 0 Å². The van der Waals surface area contributed by atoms with Gasteiger partial charge in [-0.05, 0) is 25.5 Å². The van der Waals surface area contributed by atoms with E-state index in [0.29, 0.717) is 6.42 Å². The minimum atomic E-state index is -0.932. The molecule has 2 heterocycles. The zero-order chi connectivity index (χ0) is 24.1. The molecule has 9 nitrogen and oxygen atoms in total. The van der Waals surface area contributed by atoms with Crippen LogP contribution in [0, 0.1) is 11.2 Å². The van der Waals surface area contributed by atoms with E-state index in [1.54, 1.807) is 19.1 Å². The maximum Gasteiger partial charge on any atom is 0.251 e. The number of benzene rings is 1. The summed E-state index contributed by atoms with van der Waals surface area (Å²) in [7, 11) is 0. The van der Waals surface area contributed by atoms with Crippen molar-refractivity contribution in [2.45, 2.75) is 31.5 Å². The van der Waals surface area contributed by atoms with E-state index in [1.165, 1.54) is 40.3 Å². The second-order valence-electron chi connectivity index (χ2n) is 7.81. The second-order valence-corrected chi connectivity index (χ2v) is 7.81. The van der Waals surface area contributed by atoms with Gasteiger partial charge in [0.15, 0.2) is 11.6 Å². The molecule has 1 fully saturated rings. The van der Waals surface area contributed by atoms with Gasteiger partial charge in [-0.1, -0.05) is 24.8 Å². The van der Waals surface area contributed by atoms with Crippen molar-refractivity contribution in [3.05, 3.63) is 60.3 Å². The van der Waals surface area contributed by atoms with Crippen molar-refractivity contribution in [3.8, 4) is 5.75 Å². The first-order valence-corrected chi connectivity index (χ1v) is 10.5. The van der Waals surface area contributed by atoms with Gasteiger partial charge in [0.2, 0.25) is 0 Å². The molecule has 0 saturated carbocycles. The van der Waals surface area contributed by atoms with Gasteiger partial charge in [0.05, 0.1) is 19.3 Å². The number of rotatable bonds is 9. The van der Waals surface area contributed by atoms with Crippen molar-refractivity contribution >= 4 is 23.7 Å². The van der Waals surface area contributed by atoms with Crippen molar-refractivity contribution < 1.29 is 28.9 Å². The number of carbonyl (C=O) groups excluding carboxylic acids is 2. The van der Waals surface area contributed by atoms with Crippen LogP contribution in [0.4, 0.5) is 4.39 Å². The van der Waals surface area contributed by atoms with Gasteiger partial charge in [0, 0.05) is 30.4 Å². The lowest BCUT2D eigenvalue weighted by Gasteiger charge is -2.23. The van der Waals surface area contributed by atoms with E-state index >= 15 is 0 Å². The average Bonchev–Trinajstić information content (AvgIpc) is 3.30. The summed E-state index contributed by atoms with van der Waals surface area (Å²) in [5.41, 5.74) is 0.275. The molecule has 0 aliphatic carbocycles. The molecule has 0 spiro atoms. The van der Waals surface area contributed by atoms with Gasteiger partial charge in [-0.15, -0.1) is 0 Å². The van der Waals surface area contributed by atoms with Crippen molar-refractivity contribution in [2.24, 2.45) is 0 Å². The van der Waals surface area contributed by atoms with E-state index in [4.69, 9.17) is 15.3 Å². The Labute approximate surface area is 191 Å². The number of ether oxygens (including phenoxy) is 1. The van der Waals surface area contributed by atoms with Gasteiger partial charge in [0.1, 0.15) is 17.6 Å². The molecule has 4 N–H and O–H groups in total. The maximum absolute atomic E-state index is 14.4. The van der Waals surface area contributed by atoms with Crippen molar-refractivity contribution in [1.82, 2.24) is 15.1 Å².